The summed E-state index contributed by atoms with van der Waals surface area (Å²) in [5.74, 6) is -3.19. The molecule has 0 aromatic carbocycles. The third-order valence-corrected chi connectivity index (χ3v) is 9.90. The molecular formula is C38H71N7O9S2. The van der Waals surface area contributed by atoms with Crippen LogP contribution in [0.3, 0.4) is 0 Å². The maximum Gasteiger partial charge on any atom is 0.305 e. The Balaban J connectivity index is 5.47. The van der Waals surface area contributed by atoms with Gasteiger partial charge in [0, 0.05) is 86.5 Å². The molecule has 0 aromatic heterocycles. The molecular weight excluding hydrogens is 763 g/mol. The molecule has 0 unspecified atom stereocenters. The first-order valence-corrected chi connectivity index (χ1v) is 20.9. The van der Waals surface area contributed by atoms with Crippen molar-refractivity contribution in [3.05, 3.63) is 0 Å². The summed E-state index contributed by atoms with van der Waals surface area (Å²) in [5.41, 5.74) is 6.01. The lowest BCUT2D eigenvalue weighted by molar-refractivity contribution is -0.138. The van der Waals surface area contributed by atoms with E-state index in [-0.39, 0.29) is 98.0 Å². The summed E-state index contributed by atoms with van der Waals surface area (Å²) in [6, 6.07) is -4.47. The molecule has 18 heteroatoms. The van der Waals surface area contributed by atoms with Crippen LogP contribution in [0.25, 0.3) is 0 Å². The predicted octanol–water partition coefficient (Wildman–Crippen LogP) is 1.29. The van der Waals surface area contributed by atoms with Crippen LogP contribution >= 0.6 is 25.3 Å². The molecule has 0 aromatic rings. The summed E-state index contributed by atoms with van der Waals surface area (Å²) in [5, 5.41) is 35.6. The van der Waals surface area contributed by atoms with Crippen LogP contribution in [0.4, 0.5) is 0 Å². The minimum atomic E-state index is -1.13. The first kappa shape index (κ1) is 52.9. The molecule has 0 rings (SSSR count). The van der Waals surface area contributed by atoms with Gasteiger partial charge >= 0.3 is 5.97 Å². The van der Waals surface area contributed by atoms with Crippen LogP contribution in [0.2, 0.25) is 0 Å². The Bertz CT molecular complexity index is 1260. The number of aliphatic hydroxyl groups is 1. The molecule has 0 aliphatic rings. The highest BCUT2D eigenvalue weighted by Gasteiger charge is 2.29. The van der Waals surface area contributed by atoms with E-state index in [9.17, 15) is 43.8 Å². The number of aliphatic carboxylic acids is 1. The van der Waals surface area contributed by atoms with Gasteiger partial charge in [-0.15, -0.1) is 0 Å². The number of carbonyl (C=O) groups is 7. The lowest BCUT2D eigenvalue weighted by Gasteiger charge is -2.27. The molecule has 7 atom stereocenters. The summed E-state index contributed by atoms with van der Waals surface area (Å²) in [6.45, 7) is 14.8. The molecule has 0 spiro atoms. The van der Waals surface area contributed by atoms with Gasteiger partial charge in [-0.25, -0.2) is 0 Å². The fraction of sp³-hybridized carbons (Fsp3) is 0.816. The fourth-order valence-corrected chi connectivity index (χ4v) is 6.35. The number of hydrogen-bond acceptors (Lipinski definition) is 11. The Kier molecular flexibility index (Phi) is 26.8. The van der Waals surface area contributed by atoms with Crippen molar-refractivity contribution in [1.29, 1.82) is 0 Å². The first-order chi connectivity index (χ1) is 26.1. The third-order valence-electron chi connectivity index (χ3n) is 9.01. The number of hydrogen-bond donors (Lipinski definition) is 11. The van der Waals surface area contributed by atoms with Crippen molar-refractivity contribution in [2.45, 2.75) is 155 Å². The number of amides is 6. The summed E-state index contributed by atoms with van der Waals surface area (Å²) in [7, 11) is 0. The average Bonchev–Trinajstić information content (AvgIpc) is 3.05. The van der Waals surface area contributed by atoms with E-state index in [2.05, 4.69) is 57.2 Å². The molecule has 10 N–H and O–H groups in total. The van der Waals surface area contributed by atoms with Crippen LogP contribution in [0.1, 0.15) is 113 Å². The molecule has 0 fully saturated rings. The molecule has 0 aliphatic carbocycles. The van der Waals surface area contributed by atoms with E-state index < -0.39 is 72.5 Å². The molecule has 0 aliphatic heterocycles. The van der Waals surface area contributed by atoms with Crippen molar-refractivity contribution in [3.63, 3.8) is 0 Å². The predicted molar refractivity (Wildman–Crippen MR) is 223 cm³/mol. The summed E-state index contributed by atoms with van der Waals surface area (Å²) in [4.78, 5) is 89.3. The number of aliphatic hydroxyl groups excluding tert-OH is 1. The van der Waals surface area contributed by atoms with E-state index in [1.54, 1.807) is 0 Å². The van der Waals surface area contributed by atoms with Gasteiger partial charge in [0.25, 0.3) is 0 Å². The smallest absolute Gasteiger partial charge is 0.305 e. The molecule has 56 heavy (non-hydrogen) atoms. The summed E-state index contributed by atoms with van der Waals surface area (Å²) >= 11 is 8.56. The van der Waals surface area contributed by atoms with Crippen molar-refractivity contribution in [2.24, 2.45) is 29.4 Å². The van der Waals surface area contributed by atoms with Crippen molar-refractivity contribution in [1.82, 2.24) is 31.9 Å². The molecule has 16 nitrogen and oxygen atoms in total. The second-order valence-electron chi connectivity index (χ2n) is 16.2. The number of thiol groups is 2. The summed E-state index contributed by atoms with van der Waals surface area (Å²) in [6.07, 6.45) is 0.246. The highest BCUT2D eigenvalue weighted by Crippen LogP contribution is 2.13. The fourth-order valence-electron chi connectivity index (χ4n) is 5.91. The van der Waals surface area contributed by atoms with Crippen LogP contribution in [-0.4, -0.2) is 112 Å². The molecule has 0 heterocycles. The lowest BCUT2D eigenvalue weighted by atomic mass is 9.98. The zero-order chi connectivity index (χ0) is 43.1. The van der Waals surface area contributed by atoms with Crippen LogP contribution in [0, 0.1) is 23.7 Å². The van der Waals surface area contributed by atoms with Crippen molar-refractivity contribution >= 4 is 66.7 Å². The van der Waals surface area contributed by atoms with Crippen LogP contribution < -0.4 is 37.6 Å². The minimum absolute atomic E-state index is 0.0599. The molecule has 0 bridgehead atoms. The quantitative estimate of drug-likeness (QED) is 0.0482. The highest BCUT2D eigenvalue weighted by atomic mass is 32.1. The van der Waals surface area contributed by atoms with Crippen molar-refractivity contribution in [3.8, 4) is 0 Å². The average molecular weight is 834 g/mol. The van der Waals surface area contributed by atoms with Gasteiger partial charge in [0.05, 0.1) is 6.42 Å². The number of rotatable bonds is 29. The Morgan fingerprint density at radius 2 is 0.929 bits per heavy atom. The number of carboxylic acids is 1. The third kappa shape index (κ3) is 24.5. The van der Waals surface area contributed by atoms with Gasteiger partial charge < -0.3 is 47.8 Å². The Hall–Kier alpha value is -3.09. The normalized spacial score (nSPS) is 15.3. The standard InChI is InChI=1S/C38H71N7O9S2/c1-21(2)11-25(40-32(47)14-27(19-55)42-35(50)17-29(39)23(5)6)13-34(49)44-30(9-10-46)38(54)45-31(24(7)8)18-36(51)43-28(20-56)15-33(48)41-26(12-22(3)4)16-37(52)53/h21-31,46,55-56H,9-20,39H2,1-8H3,(H,40,47)(H,41,48)(H,42,50)(H,43,51)(H,44,49)(H,45,54)(H,52,53)/t25-,26-,27+,28+,29+,30-,31+/m0/s1. The van der Waals surface area contributed by atoms with Gasteiger partial charge in [0.1, 0.15) is 6.04 Å². The monoisotopic (exact) mass is 833 g/mol. The topological polar surface area (TPSA) is 258 Å². The molecule has 0 saturated heterocycles. The zero-order valence-electron chi connectivity index (χ0n) is 34.6. The van der Waals surface area contributed by atoms with E-state index >= 15 is 0 Å². The number of nitrogens with one attached hydrogen (secondary N) is 6. The minimum Gasteiger partial charge on any atom is -0.481 e. The van der Waals surface area contributed by atoms with Crippen LogP contribution in [0.5, 0.6) is 0 Å². The van der Waals surface area contributed by atoms with Gasteiger partial charge in [-0.1, -0.05) is 55.4 Å². The van der Waals surface area contributed by atoms with Crippen molar-refractivity contribution in [2.75, 3.05) is 18.1 Å². The van der Waals surface area contributed by atoms with E-state index in [4.69, 9.17) is 5.73 Å². The SMILES string of the molecule is CC(C)C[C@@H](CC(=O)O)NC(=O)C[C@H](CS)NC(=O)C[C@@H](NC(=O)[C@H](CCO)NC(=O)C[C@H](CC(C)C)NC(=O)C[C@H](CS)NC(=O)C[C@@H](N)C(C)C)C(C)C. The molecule has 0 radical (unpaired) electrons. The van der Waals surface area contributed by atoms with Gasteiger partial charge in [0.15, 0.2) is 0 Å². The molecule has 0 saturated carbocycles. The Morgan fingerprint density at radius 1 is 0.536 bits per heavy atom. The highest BCUT2D eigenvalue weighted by molar-refractivity contribution is 7.80. The number of nitrogens with two attached hydrogens (primary N) is 1. The van der Waals surface area contributed by atoms with Crippen LogP contribution in [0.15, 0.2) is 0 Å². The van der Waals surface area contributed by atoms with Crippen molar-refractivity contribution < 1.29 is 43.8 Å². The van der Waals surface area contributed by atoms with E-state index in [1.807, 2.05) is 55.4 Å². The number of carboxylic acid groups (broad SMARTS) is 1. The Morgan fingerprint density at radius 3 is 1.32 bits per heavy atom. The first-order valence-electron chi connectivity index (χ1n) is 19.7. The van der Waals surface area contributed by atoms with Gasteiger partial charge in [0.2, 0.25) is 35.4 Å². The van der Waals surface area contributed by atoms with E-state index in [1.165, 1.54) is 0 Å². The summed E-state index contributed by atoms with van der Waals surface area (Å²) < 4.78 is 0. The zero-order valence-corrected chi connectivity index (χ0v) is 36.3. The van der Waals surface area contributed by atoms with E-state index in [0.717, 1.165) is 0 Å². The molecule has 6 amide bonds. The maximum atomic E-state index is 13.4. The largest absolute Gasteiger partial charge is 0.481 e. The second kappa shape index (κ2) is 28.3. The second-order valence-corrected chi connectivity index (χ2v) is 16.9. The lowest BCUT2D eigenvalue weighted by Crippen LogP contribution is -2.53. The van der Waals surface area contributed by atoms with E-state index in [0.29, 0.717) is 12.8 Å². The van der Waals surface area contributed by atoms with Crippen LogP contribution in [-0.2, 0) is 33.6 Å². The van der Waals surface area contributed by atoms with Gasteiger partial charge in [-0.05, 0) is 42.9 Å². The molecule has 324 valence electrons. The number of carbonyl (C=O) groups excluding carboxylic acids is 6. The maximum absolute atomic E-state index is 13.4. The Labute approximate surface area is 344 Å². The van der Waals surface area contributed by atoms with Gasteiger partial charge in [-0.2, -0.15) is 25.3 Å². The van der Waals surface area contributed by atoms with Gasteiger partial charge in [-0.3, -0.25) is 33.6 Å².